The molecule has 1 aromatic carbocycles. The van der Waals surface area contributed by atoms with Gasteiger partial charge in [0, 0.05) is 5.39 Å². The van der Waals surface area contributed by atoms with Crippen LogP contribution in [0.25, 0.3) is 10.9 Å². The number of esters is 1. The van der Waals surface area contributed by atoms with Crippen molar-refractivity contribution < 1.29 is 18.3 Å². The number of para-hydroxylation sites is 1. The summed E-state index contributed by atoms with van der Waals surface area (Å²) < 4.78 is 27.6. The lowest BCUT2D eigenvalue weighted by molar-refractivity contribution is 0.0593. The first-order valence-electron chi connectivity index (χ1n) is 4.43. The molecule has 0 N–H and O–H groups in total. The van der Waals surface area contributed by atoms with Crippen LogP contribution in [-0.4, -0.2) is 25.8 Å². The average Bonchev–Trinajstić information content (AvgIpc) is 2.67. The Kier molecular flexibility index (Phi) is 2.76. The summed E-state index contributed by atoms with van der Waals surface area (Å²) in [5.41, 5.74) is 0.452. The van der Waals surface area contributed by atoms with Crippen LogP contribution in [0.3, 0.4) is 0 Å². The van der Waals surface area contributed by atoms with Gasteiger partial charge in [-0.15, -0.1) is 0 Å². The van der Waals surface area contributed by atoms with Crippen LogP contribution in [0, 0.1) is 0 Å². The summed E-state index contributed by atoms with van der Waals surface area (Å²) in [7, 11) is 1.21. The Bertz CT molecular complexity index is 575. The lowest BCUT2D eigenvalue weighted by Gasteiger charge is -2.11. The molecule has 2 rings (SSSR count). The van der Waals surface area contributed by atoms with E-state index in [4.69, 9.17) is 0 Å². The molecule has 1 atom stereocenters. The number of carbonyl (C=O) groups excluding carboxylic acids is 1. The minimum atomic E-state index is -2.54. The van der Waals surface area contributed by atoms with Crippen molar-refractivity contribution in [2.75, 3.05) is 7.11 Å². The van der Waals surface area contributed by atoms with Crippen LogP contribution in [0.5, 0.6) is 0 Å². The number of carbonyl (C=O) groups is 1. The highest BCUT2D eigenvalue weighted by Crippen LogP contribution is 2.20. The summed E-state index contributed by atoms with van der Waals surface area (Å²) in [4.78, 5) is 11.4. The van der Waals surface area contributed by atoms with E-state index >= 15 is 0 Å². The molecule has 0 saturated heterocycles. The summed E-state index contributed by atoms with van der Waals surface area (Å²) in [6.07, 6.45) is 0. The van der Waals surface area contributed by atoms with Crippen LogP contribution in [-0.2, 0) is 16.0 Å². The van der Waals surface area contributed by atoms with E-state index in [1.165, 1.54) is 13.2 Å². The van der Waals surface area contributed by atoms with E-state index in [0.29, 0.717) is 10.9 Å². The van der Waals surface area contributed by atoms with Crippen LogP contribution in [0.4, 0.5) is 0 Å². The Morgan fingerprint density at radius 1 is 1.44 bits per heavy atom. The number of ether oxygens (including phenoxy) is 1. The first-order chi connectivity index (χ1) is 7.65. The SMILES string of the molecule is COC(=O)c1cc2ccccc2n1S(=O)[O-]. The van der Waals surface area contributed by atoms with Crippen molar-refractivity contribution in [2.24, 2.45) is 0 Å². The Labute approximate surface area is 94.1 Å². The molecule has 0 fully saturated rings. The lowest BCUT2D eigenvalue weighted by Crippen LogP contribution is -2.13. The highest BCUT2D eigenvalue weighted by Gasteiger charge is 2.15. The van der Waals surface area contributed by atoms with Gasteiger partial charge in [0.25, 0.3) is 0 Å². The van der Waals surface area contributed by atoms with Crippen molar-refractivity contribution in [2.45, 2.75) is 0 Å². The van der Waals surface area contributed by atoms with Gasteiger partial charge in [0.15, 0.2) is 0 Å². The molecule has 1 unspecified atom stereocenters. The molecule has 0 aliphatic rings. The quantitative estimate of drug-likeness (QED) is 0.579. The average molecular weight is 238 g/mol. The molecular formula is C10H8NO4S-. The molecule has 0 amide bonds. The number of hydrogen-bond donors (Lipinski definition) is 0. The second-order valence-electron chi connectivity index (χ2n) is 3.09. The zero-order valence-electron chi connectivity index (χ0n) is 8.38. The monoisotopic (exact) mass is 238 g/mol. The predicted octanol–water partition coefficient (Wildman–Crippen LogP) is 1.07. The maximum Gasteiger partial charge on any atom is 0.355 e. The maximum absolute atomic E-state index is 11.4. The number of fused-ring (bicyclic) bond motifs is 1. The number of aromatic nitrogens is 1. The summed E-state index contributed by atoms with van der Waals surface area (Å²) in [5, 5.41) is 0.673. The highest BCUT2D eigenvalue weighted by molar-refractivity contribution is 7.77. The van der Waals surface area contributed by atoms with E-state index in [-0.39, 0.29) is 5.69 Å². The van der Waals surface area contributed by atoms with Crippen molar-refractivity contribution >= 4 is 28.1 Å². The fourth-order valence-corrected chi connectivity index (χ4v) is 2.15. The molecule has 16 heavy (non-hydrogen) atoms. The van der Waals surface area contributed by atoms with E-state index in [0.717, 1.165) is 3.97 Å². The van der Waals surface area contributed by atoms with E-state index in [9.17, 15) is 13.6 Å². The largest absolute Gasteiger partial charge is 0.755 e. The molecule has 0 aliphatic heterocycles. The van der Waals surface area contributed by atoms with Crippen molar-refractivity contribution in [1.29, 1.82) is 0 Å². The number of hydrogen-bond acceptors (Lipinski definition) is 4. The van der Waals surface area contributed by atoms with Gasteiger partial charge >= 0.3 is 5.97 Å². The minimum absolute atomic E-state index is 0.00275. The standard InChI is InChI=1S/C10H9NO4S/c1-15-10(12)9-6-7-4-2-3-5-8(7)11(9)16(13)14/h2-6H,1H3,(H,13,14)/p-1. The van der Waals surface area contributed by atoms with E-state index in [2.05, 4.69) is 4.74 Å². The Morgan fingerprint density at radius 3 is 2.75 bits per heavy atom. The first kappa shape index (κ1) is 10.8. The number of methoxy groups -OCH3 is 1. The van der Waals surface area contributed by atoms with Gasteiger partial charge in [-0.2, -0.15) is 0 Å². The molecular weight excluding hydrogens is 230 g/mol. The van der Waals surface area contributed by atoms with Crippen molar-refractivity contribution in [1.82, 2.24) is 3.97 Å². The van der Waals surface area contributed by atoms with E-state index < -0.39 is 17.2 Å². The molecule has 5 nitrogen and oxygen atoms in total. The van der Waals surface area contributed by atoms with Gasteiger partial charge in [0.2, 0.25) is 0 Å². The zero-order chi connectivity index (χ0) is 11.7. The van der Waals surface area contributed by atoms with Gasteiger partial charge in [-0.05, 0) is 12.1 Å². The van der Waals surface area contributed by atoms with Gasteiger partial charge in [-0.1, -0.05) is 18.2 Å². The fourth-order valence-electron chi connectivity index (χ4n) is 1.54. The summed E-state index contributed by atoms with van der Waals surface area (Å²) in [6.45, 7) is 0. The lowest BCUT2D eigenvalue weighted by atomic mass is 10.2. The summed E-state index contributed by atoms with van der Waals surface area (Å²) in [5.74, 6) is -0.680. The van der Waals surface area contributed by atoms with Gasteiger partial charge in [-0.25, -0.2) is 4.79 Å². The zero-order valence-corrected chi connectivity index (χ0v) is 9.19. The van der Waals surface area contributed by atoms with Crippen LogP contribution < -0.4 is 0 Å². The van der Waals surface area contributed by atoms with Gasteiger partial charge in [0.1, 0.15) is 5.69 Å². The van der Waals surface area contributed by atoms with Crippen LogP contribution in [0.2, 0.25) is 0 Å². The Hall–Kier alpha value is -1.66. The number of benzene rings is 1. The third-order valence-electron chi connectivity index (χ3n) is 2.21. The first-order valence-corrected chi connectivity index (χ1v) is 5.47. The van der Waals surface area contributed by atoms with Crippen LogP contribution in [0.1, 0.15) is 10.5 Å². The number of rotatable bonds is 2. The van der Waals surface area contributed by atoms with Crippen molar-refractivity contribution in [3.63, 3.8) is 0 Å². The molecule has 0 spiro atoms. The molecule has 84 valence electrons. The Morgan fingerprint density at radius 2 is 2.12 bits per heavy atom. The summed E-state index contributed by atoms with van der Waals surface area (Å²) in [6, 6.07) is 8.30. The third-order valence-corrected chi connectivity index (χ3v) is 2.90. The fraction of sp³-hybridized carbons (Fsp3) is 0.100. The molecule has 2 aromatic rings. The smallest absolute Gasteiger partial charge is 0.355 e. The van der Waals surface area contributed by atoms with Crippen molar-refractivity contribution in [3.8, 4) is 0 Å². The minimum Gasteiger partial charge on any atom is -0.755 e. The van der Waals surface area contributed by atoms with Gasteiger partial charge < -0.3 is 9.29 Å². The third kappa shape index (κ3) is 1.62. The van der Waals surface area contributed by atoms with E-state index in [1.54, 1.807) is 24.3 Å². The topological polar surface area (TPSA) is 71.4 Å². The second kappa shape index (κ2) is 4.07. The van der Waals surface area contributed by atoms with Crippen LogP contribution in [0.15, 0.2) is 30.3 Å². The van der Waals surface area contributed by atoms with Crippen molar-refractivity contribution in [3.05, 3.63) is 36.0 Å². The van der Waals surface area contributed by atoms with Gasteiger partial charge in [-0.3, -0.25) is 8.18 Å². The predicted molar refractivity (Wildman–Crippen MR) is 57.6 cm³/mol. The maximum atomic E-state index is 11.4. The highest BCUT2D eigenvalue weighted by atomic mass is 32.2. The molecule has 1 aromatic heterocycles. The number of nitrogens with zero attached hydrogens (tertiary/aromatic N) is 1. The van der Waals surface area contributed by atoms with Crippen LogP contribution >= 0.6 is 0 Å². The molecule has 6 heteroatoms. The van der Waals surface area contributed by atoms with E-state index in [1.807, 2.05) is 0 Å². The second-order valence-corrected chi connectivity index (χ2v) is 3.89. The molecule has 0 radical (unpaired) electrons. The molecule has 0 bridgehead atoms. The Balaban J connectivity index is 2.78. The molecule has 0 saturated carbocycles. The summed E-state index contributed by atoms with van der Waals surface area (Å²) >= 11 is -2.54. The molecule has 0 aliphatic carbocycles. The molecule has 1 heterocycles. The normalized spacial score (nSPS) is 12.6. The van der Waals surface area contributed by atoms with Gasteiger partial charge in [0.05, 0.1) is 23.9 Å².